The maximum Gasteiger partial charge on any atom is 0.346 e. The van der Waals surface area contributed by atoms with E-state index in [1.54, 1.807) is 13.0 Å². The van der Waals surface area contributed by atoms with Crippen LogP contribution in [0.15, 0.2) is 41.3 Å². The van der Waals surface area contributed by atoms with Crippen LogP contribution < -0.4 is 4.18 Å². The Morgan fingerprint density at radius 2 is 1.82 bits per heavy atom. The lowest BCUT2D eigenvalue weighted by Crippen LogP contribution is -2.35. The van der Waals surface area contributed by atoms with Crippen LogP contribution in [0.1, 0.15) is 16.7 Å². The number of nitrogens with zero attached hydrogens (tertiary/aromatic N) is 2. The van der Waals surface area contributed by atoms with Crippen molar-refractivity contribution in [3.8, 4) is 5.75 Å². The topological polar surface area (TPSA) is 99.0 Å². The quantitative estimate of drug-likeness (QED) is 0.413. The van der Waals surface area contributed by atoms with Gasteiger partial charge in [-0.3, -0.25) is 15.0 Å². The van der Waals surface area contributed by atoms with Crippen molar-refractivity contribution in [3.05, 3.63) is 63.2 Å². The molecule has 3 rings (SSSR count). The Morgan fingerprint density at radius 1 is 1.14 bits per heavy atom. The largest absolute Gasteiger partial charge is 0.379 e. The van der Waals surface area contributed by atoms with Crippen LogP contribution in [-0.4, -0.2) is 44.5 Å². The molecule has 9 heteroatoms. The first kappa shape index (κ1) is 20.2. The van der Waals surface area contributed by atoms with Crippen LogP contribution in [0.25, 0.3) is 0 Å². The fourth-order valence-corrected chi connectivity index (χ4v) is 4.24. The second-order valence-corrected chi connectivity index (χ2v) is 8.21. The molecule has 1 heterocycles. The Kier molecular flexibility index (Phi) is 5.97. The van der Waals surface area contributed by atoms with Crippen molar-refractivity contribution in [3.63, 3.8) is 0 Å². The molecule has 1 aliphatic rings. The SMILES string of the molecule is Cc1cc(OS(=O)(=O)c2ccccc2[N+](=O)[O-])c(C)cc1CN1CCOCC1. The van der Waals surface area contributed by atoms with Crippen molar-refractivity contribution >= 4 is 15.8 Å². The minimum absolute atomic E-state index is 0.168. The Balaban J connectivity index is 1.86. The average Bonchev–Trinajstić information content (AvgIpc) is 2.66. The summed E-state index contributed by atoms with van der Waals surface area (Å²) in [5.41, 5.74) is 2.11. The van der Waals surface area contributed by atoms with Gasteiger partial charge in [-0.15, -0.1) is 0 Å². The number of aryl methyl sites for hydroxylation is 2. The minimum Gasteiger partial charge on any atom is -0.379 e. The average molecular weight is 406 g/mol. The van der Waals surface area contributed by atoms with E-state index in [2.05, 4.69) is 4.90 Å². The fourth-order valence-electron chi connectivity index (χ4n) is 3.09. The predicted molar refractivity (Wildman–Crippen MR) is 103 cm³/mol. The number of hydrogen-bond acceptors (Lipinski definition) is 7. The molecule has 0 atom stereocenters. The van der Waals surface area contributed by atoms with Gasteiger partial charge in [0.2, 0.25) is 0 Å². The van der Waals surface area contributed by atoms with E-state index >= 15 is 0 Å². The van der Waals surface area contributed by atoms with E-state index in [0.29, 0.717) is 18.8 Å². The highest BCUT2D eigenvalue weighted by atomic mass is 32.2. The number of benzene rings is 2. The summed E-state index contributed by atoms with van der Waals surface area (Å²) >= 11 is 0. The van der Waals surface area contributed by atoms with Gasteiger partial charge in [-0.2, -0.15) is 8.42 Å². The third-order valence-electron chi connectivity index (χ3n) is 4.66. The second kappa shape index (κ2) is 8.26. The number of nitro benzene ring substituents is 1. The van der Waals surface area contributed by atoms with Crippen LogP contribution in [0.4, 0.5) is 5.69 Å². The maximum atomic E-state index is 12.6. The molecule has 2 aromatic carbocycles. The van der Waals surface area contributed by atoms with Gasteiger partial charge in [0.25, 0.3) is 5.69 Å². The zero-order valence-corrected chi connectivity index (χ0v) is 16.6. The number of nitro groups is 1. The molecule has 0 N–H and O–H groups in total. The second-order valence-electron chi connectivity index (χ2n) is 6.70. The summed E-state index contributed by atoms with van der Waals surface area (Å²) in [6, 6.07) is 8.70. The van der Waals surface area contributed by atoms with Crippen LogP contribution in [-0.2, 0) is 21.4 Å². The highest BCUT2D eigenvalue weighted by molar-refractivity contribution is 7.87. The van der Waals surface area contributed by atoms with Crippen LogP contribution >= 0.6 is 0 Å². The van der Waals surface area contributed by atoms with Crippen LogP contribution in [0.2, 0.25) is 0 Å². The summed E-state index contributed by atoms with van der Waals surface area (Å²) in [6.07, 6.45) is 0. The van der Waals surface area contributed by atoms with E-state index in [0.717, 1.165) is 36.8 Å². The third-order valence-corrected chi connectivity index (χ3v) is 5.94. The highest BCUT2D eigenvalue weighted by Crippen LogP contribution is 2.30. The summed E-state index contributed by atoms with van der Waals surface area (Å²) in [5.74, 6) is 0.168. The fraction of sp³-hybridized carbons (Fsp3) is 0.368. The third kappa shape index (κ3) is 4.49. The van der Waals surface area contributed by atoms with Gasteiger partial charge in [0.1, 0.15) is 5.75 Å². The van der Waals surface area contributed by atoms with Crippen LogP contribution in [0.3, 0.4) is 0 Å². The molecule has 1 fully saturated rings. The minimum atomic E-state index is -4.34. The van der Waals surface area contributed by atoms with Crippen molar-refractivity contribution < 1.29 is 22.3 Å². The molecule has 28 heavy (non-hydrogen) atoms. The molecule has 0 bridgehead atoms. The van der Waals surface area contributed by atoms with Gasteiger partial charge in [0.05, 0.1) is 18.1 Å². The first-order valence-corrected chi connectivity index (χ1v) is 10.3. The summed E-state index contributed by atoms with van der Waals surface area (Å²) in [7, 11) is -4.34. The monoisotopic (exact) mass is 406 g/mol. The van der Waals surface area contributed by atoms with E-state index in [1.165, 1.54) is 18.2 Å². The van der Waals surface area contributed by atoms with Crippen molar-refractivity contribution in [2.45, 2.75) is 25.3 Å². The Hall–Kier alpha value is -2.49. The zero-order chi connectivity index (χ0) is 20.3. The Bertz CT molecular complexity index is 984. The molecule has 0 aliphatic carbocycles. The molecule has 8 nitrogen and oxygen atoms in total. The molecule has 0 saturated carbocycles. The molecule has 0 radical (unpaired) electrons. The van der Waals surface area contributed by atoms with E-state index in [9.17, 15) is 18.5 Å². The lowest BCUT2D eigenvalue weighted by Gasteiger charge is -2.27. The van der Waals surface area contributed by atoms with Gasteiger partial charge < -0.3 is 8.92 Å². The van der Waals surface area contributed by atoms with Crippen molar-refractivity contribution in [2.24, 2.45) is 0 Å². The van der Waals surface area contributed by atoms with Crippen molar-refractivity contribution in [1.82, 2.24) is 4.90 Å². The van der Waals surface area contributed by atoms with Crippen LogP contribution in [0.5, 0.6) is 5.75 Å². The van der Waals surface area contributed by atoms with Crippen LogP contribution in [0, 0.1) is 24.0 Å². The number of hydrogen-bond donors (Lipinski definition) is 0. The molecular weight excluding hydrogens is 384 g/mol. The molecule has 0 aromatic heterocycles. The number of para-hydroxylation sites is 1. The molecule has 150 valence electrons. The Labute approximate surface area is 164 Å². The number of morpholine rings is 1. The summed E-state index contributed by atoms with van der Waals surface area (Å²) < 4.78 is 35.9. The van der Waals surface area contributed by atoms with Crippen molar-refractivity contribution in [1.29, 1.82) is 0 Å². The standard InChI is InChI=1S/C19H22N2O6S/c1-14-12-18(15(2)11-16(14)13-20-7-9-26-10-8-20)27-28(24,25)19-6-4-3-5-17(19)21(22)23/h3-6,11-12H,7-10,13H2,1-2H3. The normalized spacial score (nSPS) is 15.4. The lowest BCUT2D eigenvalue weighted by molar-refractivity contribution is -0.387. The van der Waals surface area contributed by atoms with Crippen molar-refractivity contribution in [2.75, 3.05) is 26.3 Å². The van der Waals surface area contributed by atoms with E-state index in [4.69, 9.17) is 8.92 Å². The van der Waals surface area contributed by atoms with Gasteiger partial charge >= 0.3 is 10.1 Å². The highest BCUT2D eigenvalue weighted by Gasteiger charge is 2.28. The smallest absolute Gasteiger partial charge is 0.346 e. The molecule has 0 amide bonds. The summed E-state index contributed by atoms with van der Waals surface area (Å²) in [5, 5.41) is 11.1. The summed E-state index contributed by atoms with van der Waals surface area (Å²) in [6.45, 7) is 7.49. The number of ether oxygens (including phenoxy) is 1. The number of rotatable bonds is 6. The van der Waals surface area contributed by atoms with Gasteiger partial charge in [-0.05, 0) is 42.7 Å². The lowest BCUT2D eigenvalue weighted by atomic mass is 10.0. The van der Waals surface area contributed by atoms with Gasteiger partial charge in [0, 0.05) is 25.7 Å². The molecule has 1 saturated heterocycles. The zero-order valence-electron chi connectivity index (χ0n) is 15.8. The maximum absolute atomic E-state index is 12.6. The van der Waals surface area contributed by atoms with E-state index in [1.807, 2.05) is 13.0 Å². The molecule has 2 aromatic rings. The Morgan fingerprint density at radius 3 is 2.50 bits per heavy atom. The van der Waals surface area contributed by atoms with Gasteiger partial charge in [0.15, 0.2) is 4.90 Å². The molecule has 0 unspecified atom stereocenters. The van der Waals surface area contributed by atoms with E-state index < -0.39 is 25.6 Å². The molecule has 0 spiro atoms. The molecule has 1 aliphatic heterocycles. The molecular formula is C19H22N2O6S. The summed E-state index contributed by atoms with van der Waals surface area (Å²) in [4.78, 5) is 12.2. The predicted octanol–water partition coefficient (Wildman–Crippen LogP) is 2.81. The van der Waals surface area contributed by atoms with E-state index in [-0.39, 0.29) is 5.75 Å². The first-order valence-electron chi connectivity index (χ1n) is 8.86. The first-order chi connectivity index (χ1) is 13.3. The van der Waals surface area contributed by atoms with Gasteiger partial charge in [-0.25, -0.2) is 0 Å². The van der Waals surface area contributed by atoms with Gasteiger partial charge in [-0.1, -0.05) is 18.2 Å².